The zero-order valence-corrected chi connectivity index (χ0v) is 20.4. The van der Waals surface area contributed by atoms with Gasteiger partial charge in [-0.15, -0.1) is 0 Å². The fourth-order valence-corrected chi connectivity index (χ4v) is 3.18. The van der Waals surface area contributed by atoms with Gasteiger partial charge in [0.15, 0.2) is 0 Å². The molecule has 0 aliphatic carbocycles. The van der Waals surface area contributed by atoms with Gasteiger partial charge in [0.25, 0.3) is 0 Å². The molecule has 10 nitrogen and oxygen atoms in total. The minimum atomic E-state index is -1.30. The number of thiol groups is 1. The van der Waals surface area contributed by atoms with Crippen LogP contribution in [0.15, 0.2) is 0 Å². The van der Waals surface area contributed by atoms with E-state index in [9.17, 15) is 24.0 Å². The predicted molar refractivity (Wildman–Crippen MR) is 126 cm³/mol. The fraction of sp³-hybridized carbons (Fsp3) is 0.773. The Kier molecular flexibility index (Phi) is 17.3. The van der Waals surface area contributed by atoms with Crippen molar-refractivity contribution >= 4 is 42.4 Å². The lowest BCUT2D eigenvalue weighted by atomic mass is 10.1. The van der Waals surface area contributed by atoms with E-state index >= 15 is 0 Å². The number of hydrogen-bond donors (Lipinski definition) is 4. The molecule has 0 rings (SSSR count). The maximum atomic E-state index is 12.4. The van der Waals surface area contributed by atoms with Gasteiger partial charge in [-0.05, 0) is 12.8 Å². The van der Waals surface area contributed by atoms with E-state index in [1.165, 1.54) is 32.1 Å². The minimum Gasteiger partial charge on any atom is -0.480 e. The van der Waals surface area contributed by atoms with Gasteiger partial charge in [0, 0.05) is 18.6 Å². The molecule has 0 heterocycles. The monoisotopic (exact) mass is 489 g/mol. The first-order chi connectivity index (χ1) is 15.6. The predicted octanol–water partition coefficient (Wildman–Crippen LogP) is 1.78. The third-order valence-electron chi connectivity index (χ3n) is 5.07. The average molecular weight is 490 g/mol. The summed E-state index contributed by atoms with van der Waals surface area (Å²) in [5, 5.41) is 8.82. The molecule has 0 fully saturated rings. The number of carbonyl (C=O) groups is 5. The lowest BCUT2D eigenvalue weighted by Gasteiger charge is -2.22. The molecular formula is C22H39N3O7S. The molecule has 0 spiro atoms. The number of imide groups is 1. The summed E-state index contributed by atoms with van der Waals surface area (Å²) < 4.78 is 4.73. The molecule has 0 aliphatic heterocycles. The Bertz CT molecular complexity index is 645. The lowest BCUT2D eigenvalue weighted by Crippen LogP contribution is -2.50. The van der Waals surface area contributed by atoms with Gasteiger partial charge in [-0.3, -0.25) is 24.1 Å². The molecular weight excluding hydrogens is 450 g/mol. The summed E-state index contributed by atoms with van der Waals surface area (Å²) in [6, 6.07) is -2.45. The molecule has 0 aromatic carbocycles. The van der Waals surface area contributed by atoms with Gasteiger partial charge < -0.3 is 21.3 Å². The quantitative estimate of drug-likeness (QED) is 0.0969. The van der Waals surface area contributed by atoms with E-state index in [0.29, 0.717) is 11.3 Å². The smallest absolute Gasteiger partial charge is 0.333 e. The van der Waals surface area contributed by atoms with Crippen LogP contribution in [0.4, 0.5) is 0 Å². The number of carboxylic acids is 1. The fourth-order valence-electron chi connectivity index (χ4n) is 3.02. The maximum Gasteiger partial charge on any atom is 0.333 e. The van der Waals surface area contributed by atoms with Crippen LogP contribution >= 0.6 is 12.6 Å². The number of nitrogens with zero attached hydrogens (tertiary/aromatic N) is 1. The van der Waals surface area contributed by atoms with Gasteiger partial charge in [0.2, 0.25) is 11.8 Å². The minimum absolute atomic E-state index is 0.0626. The van der Waals surface area contributed by atoms with Gasteiger partial charge in [-0.1, -0.05) is 58.3 Å². The molecule has 0 aliphatic rings. The highest BCUT2D eigenvalue weighted by molar-refractivity contribution is 7.80. The number of nitrogens with two attached hydrogens (primary N) is 2. The van der Waals surface area contributed by atoms with Gasteiger partial charge >= 0.3 is 17.9 Å². The number of amides is 2. The van der Waals surface area contributed by atoms with Crippen molar-refractivity contribution in [1.29, 1.82) is 0 Å². The summed E-state index contributed by atoms with van der Waals surface area (Å²) in [4.78, 5) is 60.2. The van der Waals surface area contributed by atoms with Crippen molar-refractivity contribution in [3.8, 4) is 0 Å². The molecule has 2 amide bonds. The SMILES string of the molecule is CCCCCCCCCCCC(=O)OC(=O)CN(C(=O)CC[C@H](N)C(=O)O)C(=O)[C@@H](N)CS. The Balaban J connectivity index is 4.50. The number of unbranched alkanes of at least 4 members (excludes halogenated alkanes) is 8. The maximum absolute atomic E-state index is 12.4. The van der Waals surface area contributed by atoms with Crippen molar-refractivity contribution in [2.45, 2.75) is 96.1 Å². The molecule has 0 saturated heterocycles. The van der Waals surface area contributed by atoms with Crippen LogP contribution in [0.3, 0.4) is 0 Å². The summed E-state index contributed by atoms with van der Waals surface area (Å²) >= 11 is 3.91. The number of esters is 2. The highest BCUT2D eigenvalue weighted by Crippen LogP contribution is 2.11. The second-order valence-electron chi connectivity index (χ2n) is 8.02. The van der Waals surface area contributed by atoms with Gasteiger partial charge in [0.1, 0.15) is 12.6 Å². The van der Waals surface area contributed by atoms with E-state index in [1.54, 1.807) is 0 Å². The van der Waals surface area contributed by atoms with Gasteiger partial charge in [-0.2, -0.15) is 12.6 Å². The Morgan fingerprint density at radius 2 is 1.39 bits per heavy atom. The molecule has 0 radical (unpaired) electrons. The molecule has 33 heavy (non-hydrogen) atoms. The van der Waals surface area contributed by atoms with Crippen molar-refractivity contribution in [3.63, 3.8) is 0 Å². The van der Waals surface area contributed by atoms with E-state index in [4.69, 9.17) is 21.3 Å². The highest BCUT2D eigenvalue weighted by atomic mass is 32.1. The number of rotatable bonds is 18. The first-order valence-corrected chi connectivity index (χ1v) is 12.2. The molecule has 5 N–H and O–H groups in total. The second kappa shape index (κ2) is 18.4. The Hall–Kier alpha value is -1.98. The molecule has 190 valence electrons. The van der Waals surface area contributed by atoms with Crippen LogP contribution in [-0.4, -0.2) is 64.1 Å². The topological polar surface area (TPSA) is 170 Å². The number of ether oxygens (including phenoxy) is 1. The summed E-state index contributed by atoms with van der Waals surface area (Å²) in [7, 11) is 0. The van der Waals surface area contributed by atoms with E-state index in [-0.39, 0.29) is 18.6 Å². The largest absolute Gasteiger partial charge is 0.480 e. The molecule has 0 bridgehead atoms. The normalized spacial score (nSPS) is 12.6. The van der Waals surface area contributed by atoms with Crippen molar-refractivity contribution in [2.75, 3.05) is 12.3 Å². The van der Waals surface area contributed by atoms with Crippen LogP contribution in [0.25, 0.3) is 0 Å². The molecule has 0 aromatic rings. The van der Waals surface area contributed by atoms with Crippen molar-refractivity contribution in [3.05, 3.63) is 0 Å². The van der Waals surface area contributed by atoms with Crippen LogP contribution in [0, 0.1) is 0 Å². The molecule has 0 aromatic heterocycles. The summed E-state index contributed by atoms with van der Waals surface area (Å²) in [5.74, 6) is -4.88. The van der Waals surface area contributed by atoms with Gasteiger partial charge in [-0.25, -0.2) is 4.79 Å². The van der Waals surface area contributed by atoms with E-state index in [1.807, 2.05) is 0 Å². The van der Waals surface area contributed by atoms with E-state index < -0.39 is 54.8 Å². The molecule has 0 unspecified atom stereocenters. The van der Waals surface area contributed by atoms with Crippen molar-refractivity contribution in [1.82, 2.24) is 4.90 Å². The molecule has 11 heteroatoms. The summed E-state index contributed by atoms with van der Waals surface area (Å²) in [6.07, 6.45) is 9.08. The van der Waals surface area contributed by atoms with Crippen LogP contribution in [0.2, 0.25) is 0 Å². The van der Waals surface area contributed by atoms with Gasteiger partial charge in [0.05, 0.1) is 6.04 Å². The second-order valence-corrected chi connectivity index (χ2v) is 8.38. The lowest BCUT2D eigenvalue weighted by molar-refractivity contribution is -0.164. The van der Waals surface area contributed by atoms with E-state index in [2.05, 4.69) is 19.6 Å². The van der Waals surface area contributed by atoms with Crippen LogP contribution in [-0.2, 0) is 28.7 Å². The Labute approximate surface area is 201 Å². The third-order valence-corrected chi connectivity index (χ3v) is 5.46. The first kappa shape index (κ1) is 31.0. The zero-order chi connectivity index (χ0) is 25.2. The zero-order valence-electron chi connectivity index (χ0n) is 19.5. The summed E-state index contributed by atoms with van der Waals surface area (Å²) in [6.45, 7) is 1.37. The third kappa shape index (κ3) is 14.7. The standard InChI is InChI=1S/C22H39N3O7S/c1-2-3-4-5-6-7-8-9-10-11-19(27)32-20(28)14-25(21(29)17(24)15-33)18(26)13-12-16(23)22(30)31/h16-17,33H,2-15,23-24H2,1H3,(H,30,31)/t16-,17-/m0/s1. The number of carbonyl (C=O) groups excluding carboxylic acids is 4. The van der Waals surface area contributed by atoms with Crippen LogP contribution in [0.5, 0.6) is 0 Å². The number of carboxylic acid groups (broad SMARTS) is 1. The number of hydrogen-bond acceptors (Lipinski definition) is 9. The van der Waals surface area contributed by atoms with E-state index in [0.717, 1.165) is 19.3 Å². The van der Waals surface area contributed by atoms with Crippen LogP contribution < -0.4 is 11.5 Å². The summed E-state index contributed by atoms with van der Waals surface area (Å²) in [5.41, 5.74) is 11.0. The van der Waals surface area contributed by atoms with Crippen LogP contribution in [0.1, 0.15) is 84.0 Å². The molecule has 2 atom stereocenters. The number of aliphatic carboxylic acids is 1. The molecule has 0 saturated carbocycles. The average Bonchev–Trinajstić information content (AvgIpc) is 2.78. The van der Waals surface area contributed by atoms with Crippen molar-refractivity contribution in [2.24, 2.45) is 11.5 Å². The Morgan fingerprint density at radius 1 is 0.848 bits per heavy atom. The van der Waals surface area contributed by atoms with Crippen molar-refractivity contribution < 1.29 is 33.8 Å². The first-order valence-electron chi connectivity index (χ1n) is 11.6. The Morgan fingerprint density at radius 3 is 1.91 bits per heavy atom. The highest BCUT2D eigenvalue weighted by Gasteiger charge is 2.29.